The summed E-state index contributed by atoms with van der Waals surface area (Å²) in [6.07, 6.45) is 3.44. The first kappa shape index (κ1) is 16.5. The van der Waals surface area contributed by atoms with Gasteiger partial charge in [0, 0.05) is 0 Å². The summed E-state index contributed by atoms with van der Waals surface area (Å²) < 4.78 is 28.6. The molecule has 0 fully saturated rings. The molecule has 0 radical (unpaired) electrons. The molecule has 0 atom stereocenters. The number of nitrogens with zero attached hydrogens (tertiary/aromatic N) is 2. The second-order valence-electron chi connectivity index (χ2n) is 6.78. The van der Waals surface area contributed by atoms with E-state index in [1.165, 1.54) is 7.55 Å². The van der Waals surface area contributed by atoms with Gasteiger partial charge in [0.05, 0.1) is 0 Å². The van der Waals surface area contributed by atoms with Crippen molar-refractivity contribution in [3.8, 4) is 0 Å². The first-order chi connectivity index (χ1) is 10.7. The summed E-state index contributed by atoms with van der Waals surface area (Å²) in [5.74, 6) is 0. The van der Waals surface area contributed by atoms with Crippen LogP contribution in [0.1, 0.15) is 5.56 Å². The van der Waals surface area contributed by atoms with Crippen molar-refractivity contribution in [1.29, 1.82) is 0 Å². The van der Waals surface area contributed by atoms with Gasteiger partial charge in [0.15, 0.2) is 0 Å². The molecule has 0 saturated carbocycles. The molecular formula is C17H20N2O2SSn. The van der Waals surface area contributed by atoms with Crippen LogP contribution in [0.3, 0.4) is 0 Å². The minimum absolute atomic E-state index is 0.293. The van der Waals surface area contributed by atoms with E-state index in [2.05, 4.69) is 19.8 Å². The van der Waals surface area contributed by atoms with Crippen LogP contribution in [-0.2, 0) is 10.0 Å². The Balaban J connectivity index is 2.30. The molecule has 3 rings (SSSR count). The standard InChI is InChI=1S/C14H11N2O2S.3CH3.Sn/c1-11-4-6-13(7-5-11)19(17,18)16-10-8-12-3-2-9-15-14(12)16;;;;/h2-7,9-10H,1H3;3*1H3;. The number of fused-ring (bicyclic) bond motifs is 1. The van der Waals surface area contributed by atoms with Crippen molar-refractivity contribution in [2.45, 2.75) is 26.6 Å². The molecule has 0 saturated heterocycles. The van der Waals surface area contributed by atoms with Crippen molar-refractivity contribution in [2.24, 2.45) is 0 Å². The number of aryl methyl sites for hydroxylation is 1. The van der Waals surface area contributed by atoms with Gasteiger partial charge in [-0.3, -0.25) is 0 Å². The SMILES string of the molecule is Cc1ccc(S(=O)(=O)n2c[c]([Sn]([CH3])([CH3])[CH3])c3cccnc32)cc1. The number of benzene rings is 1. The van der Waals surface area contributed by atoms with Crippen LogP contribution < -0.4 is 3.58 Å². The summed E-state index contributed by atoms with van der Waals surface area (Å²) >= 11 is -2.47. The topological polar surface area (TPSA) is 52.0 Å². The van der Waals surface area contributed by atoms with E-state index in [9.17, 15) is 8.42 Å². The summed E-state index contributed by atoms with van der Waals surface area (Å²) in [5, 5.41) is 0.964. The summed E-state index contributed by atoms with van der Waals surface area (Å²) in [6, 6.07) is 10.8. The third-order valence-electron chi connectivity index (χ3n) is 3.92. The Kier molecular flexibility index (Phi) is 4.04. The predicted octanol–water partition coefficient (Wildman–Crippen LogP) is 3.13. The molecule has 4 nitrogen and oxygen atoms in total. The quantitative estimate of drug-likeness (QED) is 0.595. The van der Waals surface area contributed by atoms with Crippen LogP contribution in [-0.4, -0.2) is 35.8 Å². The van der Waals surface area contributed by atoms with E-state index in [1.807, 2.05) is 31.2 Å². The molecule has 23 heavy (non-hydrogen) atoms. The van der Waals surface area contributed by atoms with Crippen molar-refractivity contribution < 1.29 is 8.42 Å². The molecule has 3 aromatic rings. The van der Waals surface area contributed by atoms with Crippen LogP contribution in [0.15, 0.2) is 53.7 Å². The third kappa shape index (κ3) is 2.92. The van der Waals surface area contributed by atoms with E-state index >= 15 is 0 Å². The van der Waals surface area contributed by atoms with Gasteiger partial charge in [-0.05, 0) is 0 Å². The van der Waals surface area contributed by atoms with Gasteiger partial charge in [0.1, 0.15) is 0 Å². The van der Waals surface area contributed by atoms with Crippen molar-refractivity contribution >= 4 is 43.0 Å². The molecule has 6 heteroatoms. The fourth-order valence-corrected chi connectivity index (χ4v) is 8.56. The predicted molar refractivity (Wildman–Crippen MR) is 96.5 cm³/mol. The number of rotatable bonds is 3. The normalized spacial score (nSPS) is 12.7. The van der Waals surface area contributed by atoms with Crippen LogP contribution in [0, 0.1) is 6.92 Å². The summed E-state index contributed by atoms with van der Waals surface area (Å²) in [7, 11) is -3.63. The molecular weight excluding hydrogens is 415 g/mol. The van der Waals surface area contributed by atoms with Crippen LogP contribution >= 0.6 is 0 Å². The van der Waals surface area contributed by atoms with Gasteiger partial charge in [-0.2, -0.15) is 0 Å². The van der Waals surface area contributed by atoms with Gasteiger partial charge >= 0.3 is 141 Å². The Morgan fingerprint density at radius 2 is 1.70 bits per heavy atom. The van der Waals surface area contributed by atoms with Crippen LogP contribution in [0.4, 0.5) is 0 Å². The van der Waals surface area contributed by atoms with E-state index in [0.717, 1.165) is 10.9 Å². The second kappa shape index (κ2) is 5.63. The summed E-state index contributed by atoms with van der Waals surface area (Å²) in [5.41, 5.74) is 1.56. The van der Waals surface area contributed by atoms with Gasteiger partial charge in [-0.1, -0.05) is 0 Å². The van der Waals surface area contributed by atoms with Crippen LogP contribution in [0.5, 0.6) is 0 Å². The molecule has 2 heterocycles. The molecule has 0 aliphatic carbocycles. The zero-order valence-electron chi connectivity index (χ0n) is 13.7. The van der Waals surface area contributed by atoms with Gasteiger partial charge in [0.25, 0.3) is 0 Å². The van der Waals surface area contributed by atoms with E-state index in [-0.39, 0.29) is 0 Å². The number of aromatic nitrogens is 2. The maximum atomic E-state index is 13.0. The van der Waals surface area contributed by atoms with Gasteiger partial charge in [-0.15, -0.1) is 0 Å². The molecule has 0 unspecified atom stereocenters. The molecule has 120 valence electrons. The van der Waals surface area contributed by atoms with Gasteiger partial charge < -0.3 is 0 Å². The molecule has 2 aromatic heterocycles. The molecule has 0 N–H and O–H groups in total. The second-order valence-corrected chi connectivity index (χ2v) is 23.0. The zero-order valence-corrected chi connectivity index (χ0v) is 17.4. The van der Waals surface area contributed by atoms with Gasteiger partial charge in [-0.25, -0.2) is 0 Å². The number of hydrogen-bond donors (Lipinski definition) is 0. The van der Waals surface area contributed by atoms with Crippen LogP contribution in [0.2, 0.25) is 14.8 Å². The average molecular weight is 435 g/mol. The molecule has 0 amide bonds. The Morgan fingerprint density at radius 3 is 2.30 bits per heavy atom. The number of hydrogen-bond acceptors (Lipinski definition) is 3. The van der Waals surface area contributed by atoms with E-state index in [0.29, 0.717) is 10.5 Å². The molecule has 0 aliphatic heterocycles. The minimum atomic E-state index is -3.63. The first-order valence-corrected chi connectivity index (χ1v) is 18.9. The Bertz CT molecular complexity index is 968. The first-order valence-electron chi connectivity index (χ1n) is 7.50. The number of pyridine rings is 1. The van der Waals surface area contributed by atoms with Crippen molar-refractivity contribution in [3.63, 3.8) is 0 Å². The average Bonchev–Trinajstić information content (AvgIpc) is 2.88. The van der Waals surface area contributed by atoms with Crippen molar-refractivity contribution in [3.05, 3.63) is 54.4 Å². The summed E-state index contributed by atoms with van der Waals surface area (Å²) in [4.78, 5) is 11.5. The fourth-order valence-electron chi connectivity index (χ4n) is 2.64. The third-order valence-corrected chi connectivity index (χ3v) is 11.3. The Labute approximate surface area is 141 Å². The Hall–Kier alpha value is -1.34. The van der Waals surface area contributed by atoms with Gasteiger partial charge in [0.2, 0.25) is 0 Å². The van der Waals surface area contributed by atoms with E-state index < -0.39 is 28.4 Å². The fraction of sp³-hybridized carbons (Fsp3) is 0.235. The molecule has 0 aliphatic rings. The van der Waals surface area contributed by atoms with E-state index in [4.69, 9.17) is 0 Å². The van der Waals surface area contributed by atoms with Crippen molar-refractivity contribution in [1.82, 2.24) is 8.96 Å². The Morgan fingerprint density at radius 1 is 1.04 bits per heavy atom. The maximum absolute atomic E-state index is 13.0. The molecule has 0 bridgehead atoms. The zero-order chi connectivity index (χ0) is 16.8. The van der Waals surface area contributed by atoms with Crippen LogP contribution in [0.25, 0.3) is 11.0 Å². The summed E-state index contributed by atoms with van der Waals surface area (Å²) in [6.45, 7) is 1.94. The van der Waals surface area contributed by atoms with E-state index in [1.54, 1.807) is 24.5 Å². The van der Waals surface area contributed by atoms with Crippen molar-refractivity contribution in [2.75, 3.05) is 0 Å². The monoisotopic (exact) mass is 436 g/mol. The molecule has 0 spiro atoms. The molecule has 1 aromatic carbocycles.